The number of rotatable bonds is 12. The van der Waals surface area contributed by atoms with E-state index >= 15 is 0 Å². The van der Waals surface area contributed by atoms with Gasteiger partial charge in [-0.15, -0.1) is 0 Å². The molecule has 230 valence electrons. The lowest BCUT2D eigenvalue weighted by molar-refractivity contribution is -0.140. The first-order valence-electron chi connectivity index (χ1n) is 14.8. The maximum Gasteiger partial charge on any atom is 0.264 e. The Bertz CT molecular complexity index is 1690. The zero-order chi connectivity index (χ0) is 31.9. The third kappa shape index (κ3) is 7.74. The molecular formula is C36H41N3O4S. The number of sulfonamides is 1. The number of aryl methyl sites for hydroxylation is 2. The number of hydrogen-bond acceptors (Lipinski definition) is 4. The molecule has 0 aliphatic heterocycles. The molecule has 1 N–H and O–H groups in total. The number of benzene rings is 4. The van der Waals surface area contributed by atoms with Gasteiger partial charge >= 0.3 is 0 Å². The van der Waals surface area contributed by atoms with E-state index in [2.05, 4.69) is 5.32 Å². The topological polar surface area (TPSA) is 86.8 Å². The Morgan fingerprint density at radius 2 is 1.34 bits per heavy atom. The maximum atomic E-state index is 14.6. The molecule has 0 saturated carbocycles. The molecule has 2 amide bonds. The lowest BCUT2D eigenvalue weighted by Gasteiger charge is -2.35. The Morgan fingerprint density at radius 3 is 1.98 bits per heavy atom. The van der Waals surface area contributed by atoms with Gasteiger partial charge in [0.1, 0.15) is 12.6 Å². The predicted molar refractivity (Wildman–Crippen MR) is 176 cm³/mol. The molecule has 0 heterocycles. The third-order valence-corrected chi connectivity index (χ3v) is 9.53. The van der Waals surface area contributed by atoms with Gasteiger partial charge in [-0.25, -0.2) is 8.42 Å². The molecule has 4 aromatic carbocycles. The Balaban J connectivity index is 1.84. The van der Waals surface area contributed by atoms with E-state index in [1.807, 2.05) is 95.3 Å². The quantitative estimate of drug-likeness (QED) is 0.214. The average Bonchev–Trinajstić information content (AvgIpc) is 3.00. The zero-order valence-electron chi connectivity index (χ0n) is 26.0. The van der Waals surface area contributed by atoms with Crippen LogP contribution in [0.15, 0.2) is 108 Å². The van der Waals surface area contributed by atoms with Gasteiger partial charge in [0, 0.05) is 19.0 Å². The second kappa shape index (κ2) is 14.4. The van der Waals surface area contributed by atoms with Gasteiger partial charge in [0.05, 0.1) is 10.6 Å². The van der Waals surface area contributed by atoms with Gasteiger partial charge < -0.3 is 10.2 Å². The lowest BCUT2D eigenvalue weighted by atomic mass is 10.0. The smallest absolute Gasteiger partial charge is 0.264 e. The lowest BCUT2D eigenvalue weighted by Crippen LogP contribution is -2.54. The van der Waals surface area contributed by atoms with E-state index in [0.29, 0.717) is 5.69 Å². The van der Waals surface area contributed by atoms with Crippen LogP contribution in [0.25, 0.3) is 0 Å². The van der Waals surface area contributed by atoms with Gasteiger partial charge in [-0.1, -0.05) is 84.9 Å². The summed E-state index contributed by atoms with van der Waals surface area (Å²) in [5, 5.41) is 2.99. The Hall–Kier alpha value is -4.43. The summed E-state index contributed by atoms with van der Waals surface area (Å²) in [5.74, 6) is -0.775. The van der Waals surface area contributed by atoms with Crippen LogP contribution in [-0.4, -0.2) is 43.8 Å². The molecule has 0 bridgehead atoms. The van der Waals surface area contributed by atoms with Crippen LogP contribution in [-0.2, 0) is 32.6 Å². The van der Waals surface area contributed by atoms with Crippen molar-refractivity contribution < 1.29 is 18.0 Å². The number of nitrogens with one attached hydrogen (secondary N) is 1. The second-order valence-corrected chi connectivity index (χ2v) is 13.2. The largest absolute Gasteiger partial charge is 0.352 e. The Labute approximate surface area is 261 Å². The molecule has 0 spiro atoms. The van der Waals surface area contributed by atoms with Gasteiger partial charge in [-0.3, -0.25) is 13.9 Å². The van der Waals surface area contributed by atoms with Crippen LogP contribution < -0.4 is 9.62 Å². The monoisotopic (exact) mass is 611 g/mol. The second-order valence-electron chi connectivity index (χ2n) is 11.4. The fourth-order valence-electron chi connectivity index (χ4n) is 5.14. The van der Waals surface area contributed by atoms with Gasteiger partial charge in [0.2, 0.25) is 11.8 Å². The first kappa shape index (κ1) is 32.5. The van der Waals surface area contributed by atoms with Crippen molar-refractivity contribution in [2.45, 2.75) is 64.6 Å². The first-order valence-corrected chi connectivity index (χ1v) is 16.2. The molecule has 0 aliphatic carbocycles. The molecule has 0 fully saturated rings. The first-order chi connectivity index (χ1) is 21.0. The Kier molecular flexibility index (Phi) is 10.6. The van der Waals surface area contributed by atoms with Crippen molar-refractivity contribution in [3.63, 3.8) is 0 Å². The van der Waals surface area contributed by atoms with Crippen LogP contribution in [0, 0.1) is 20.8 Å². The van der Waals surface area contributed by atoms with E-state index in [1.165, 1.54) is 21.3 Å². The molecule has 44 heavy (non-hydrogen) atoms. The van der Waals surface area contributed by atoms with Crippen LogP contribution in [0.1, 0.15) is 41.7 Å². The van der Waals surface area contributed by atoms with Gasteiger partial charge in [0.25, 0.3) is 10.0 Å². The molecule has 0 saturated heterocycles. The van der Waals surface area contributed by atoms with Crippen LogP contribution in [0.4, 0.5) is 5.69 Å². The summed E-state index contributed by atoms with van der Waals surface area (Å²) >= 11 is 0. The number of carbonyl (C=O) groups is 2. The third-order valence-electron chi connectivity index (χ3n) is 7.76. The van der Waals surface area contributed by atoms with E-state index < -0.39 is 28.5 Å². The molecule has 1 atom stereocenters. The summed E-state index contributed by atoms with van der Waals surface area (Å²) in [6, 6.07) is 29.7. The van der Waals surface area contributed by atoms with Crippen molar-refractivity contribution in [3.8, 4) is 0 Å². The highest BCUT2D eigenvalue weighted by Crippen LogP contribution is 2.29. The van der Waals surface area contributed by atoms with E-state index in [1.54, 1.807) is 30.3 Å². The number of anilines is 1. The molecule has 0 aromatic heterocycles. The van der Waals surface area contributed by atoms with Crippen molar-refractivity contribution in [1.29, 1.82) is 0 Å². The Morgan fingerprint density at radius 1 is 0.750 bits per heavy atom. The van der Waals surface area contributed by atoms with Crippen molar-refractivity contribution in [2.24, 2.45) is 0 Å². The minimum Gasteiger partial charge on any atom is -0.352 e. The molecule has 0 aliphatic rings. The summed E-state index contributed by atoms with van der Waals surface area (Å²) in [4.78, 5) is 30.0. The standard InChI is InChI=1S/C36H41N3O4S/c1-26(2)37-36(41)34(23-30-17-8-6-9-18-30)38(24-31-19-13-12-15-28(31)4)35(40)25-39(33-22-14-16-27(3)29(33)5)44(42,43)32-20-10-7-11-21-32/h6-22,26,34H,23-25H2,1-5H3,(H,37,41). The van der Waals surface area contributed by atoms with Crippen molar-refractivity contribution in [2.75, 3.05) is 10.8 Å². The summed E-state index contributed by atoms with van der Waals surface area (Å²) in [7, 11) is -4.14. The number of hydrogen-bond donors (Lipinski definition) is 1. The summed E-state index contributed by atoms with van der Waals surface area (Å²) in [6.07, 6.45) is 0.270. The number of amides is 2. The molecule has 4 rings (SSSR count). The highest BCUT2D eigenvalue weighted by Gasteiger charge is 2.35. The molecular weight excluding hydrogens is 570 g/mol. The highest BCUT2D eigenvalue weighted by molar-refractivity contribution is 7.92. The normalized spacial score (nSPS) is 12.0. The van der Waals surface area contributed by atoms with Crippen LogP contribution in [0.5, 0.6) is 0 Å². The fourth-order valence-corrected chi connectivity index (χ4v) is 6.64. The minimum absolute atomic E-state index is 0.0811. The van der Waals surface area contributed by atoms with Crippen LogP contribution in [0.2, 0.25) is 0 Å². The van der Waals surface area contributed by atoms with Crippen molar-refractivity contribution in [1.82, 2.24) is 10.2 Å². The summed E-state index contributed by atoms with van der Waals surface area (Å²) in [5.41, 5.74) is 4.81. The van der Waals surface area contributed by atoms with Crippen LogP contribution in [0.3, 0.4) is 0 Å². The van der Waals surface area contributed by atoms with Crippen molar-refractivity contribution in [3.05, 3.63) is 131 Å². The van der Waals surface area contributed by atoms with E-state index in [-0.39, 0.29) is 29.8 Å². The predicted octanol–water partition coefficient (Wildman–Crippen LogP) is 5.97. The summed E-state index contributed by atoms with van der Waals surface area (Å²) in [6.45, 7) is 9.13. The maximum absolute atomic E-state index is 14.6. The minimum atomic E-state index is -4.14. The van der Waals surface area contributed by atoms with Gasteiger partial charge in [-0.2, -0.15) is 0 Å². The van der Waals surface area contributed by atoms with Gasteiger partial charge in [0.15, 0.2) is 0 Å². The molecule has 1 unspecified atom stereocenters. The number of nitrogens with zero attached hydrogens (tertiary/aromatic N) is 2. The van der Waals surface area contributed by atoms with Gasteiger partial charge in [-0.05, 0) is 80.6 Å². The summed E-state index contributed by atoms with van der Waals surface area (Å²) < 4.78 is 29.5. The van der Waals surface area contributed by atoms with Crippen molar-refractivity contribution >= 4 is 27.5 Å². The molecule has 0 radical (unpaired) electrons. The highest BCUT2D eigenvalue weighted by atomic mass is 32.2. The van der Waals surface area contributed by atoms with E-state index in [0.717, 1.165) is 27.8 Å². The van der Waals surface area contributed by atoms with E-state index in [9.17, 15) is 18.0 Å². The SMILES string of the molecule is Cc1ccccc1CN(C(=O)CN(c1cccc(C)c1C)S(=O)(=O)c1ccccc1)C(Cc1ccccc1)C(=O)NC(C)C. The molecule has 8 heteroatoms. The molecule has 7 nitrogen and oxygen atoms in total. The average molecular weight is 612 g/mol. The fraction of sp³-hybridized carbons (Fsp3) is 0.278. The molecule has 4 aromatic rings. The zero-order valence-corrected chi connectivity index (χ0v) is 26.8. The van der Waals surface area contributed by atoms with E-state index in [4.69, 9.17) is 0 Å². The number of carbonyl (C=O) groups excluding carboxylic acids is 2. The van der Waals surface area contributed by atoms with Crippen LogP contribution >= 0.6 is 0 Å².